The Bertz CT molecular complexity index is 375. The molecule has 1 fully saturated rings. The molecule has 0 saturated carbocycles. The minimum absolute atomic E-state index is 0. The van der Waals surface area contributed by atoms with E-state index in [1.54, 1.807) is 22.0 Å². The van der Waals surface area contributed by atoms with Crippen LogP contribution in [0.15, 0.2) is 18.5 Å². The maximum absolute atomic E-state index is 12.2. The molecule has 6 nitrogen and oxygen atoms in total. The van der Waals surface area contributed by atoms with Gasteiger partial charge in [0, 0.05) is 32.0 Å². The van der Waals surface area contributed by atoms with Crippen LogP contribution in [0.25, 0.3) is 0 Å². The van der Waals surface area contributed by atoms with Crippen molar-refractivity contribution in [2.45, 2.75) is 19.1 Å². The molecule has 1 saturated heterocycles. The van der Waals surface area contributed by atoms with Crippen LogP contribution in [0, 0.1) is 0 Å². The van der Waals surface area contributed by atoms with Gasteiger partial charge < -0.3 is 15.4 Å². The summed E-state index contributed by atoms with van der Waals surface area (Å²) in [5, 5.41) is 4.08. The molecule has 1 aromatic rings. The first-order valence-corrected chi connectivity index (χ1v) is 5.82. The third kappa shape index (κ3) is 4.35. The molecule has 1 amide bonds. The molecule has 8 heteroatoms. The van der Waals surface area contributed by atoms with E-state index in [1.807, 2.05) is 13.0 Å². The van der Waals surface area contributed by atoms with Crippen LogP contribution in [0.4, 0.5) is 0 Å². The Kier molecular flexibility index (Phi) is 8.01. The lowest BCUT2D eigenvalue weighted by atomic mass is 10.2. The Morgan fingerprint density at radius 2 is 2.32 bits per heavy atom. The summed E-state index contributed by atoms with van der Waals surface area (Å²) in [6.45, 7) is 4.05. The van der Waals surface area contributed by atoms with E-state index in [-0.39, 0.29) is 42.9 Å². The molecule has 0 aliphatic carbocycles. The number of carbonyl (C=O) groups is 1. The third-order valence-electron chi connectivity index (χ3n) is 2.99. The fourth-order valence-electron chi connectivity index (χ4n) is 1.95. The largest absolute Gasteiger partial charge is 0.373 e. The van der Waals surface area contributed by atoms with Crippen molar-refractivity contribution in [2.24, 2.45) is 5.73 Å². The summed E-state index contributed by atoms with van der Waals surface area (Å²) in [4.78, 5) is 14.0. The number of rotatable bonds is 3. The summed E-state index contributed by atoms with van der Waals surface area (Å²) in [7, 11) is 0. The van der Waals surface area contributed by atoms with E-state index in [0.29, 0.717) is 26.2 Å². The minimum Gasteiger partial charge on any atom is -0.373 e. The third-order valence-corrected chi connectivity index (χ3v) is 2.99. The maximum atomic E-state index is 12.2. The van der Waals surface area contributed by atoms with Crippen molar-refractivity contribution in [3.05, 3.63) is 18.5 Å². The first kappa shape index (κ1) is 18.2. The fourth-order valence-corrected chi connectivity index (χ4v) is 1.95. The Labute approximate surface area is 125 Å². The summed E-state index contributed by atoms with van der Waals surface area (Å²) >= 11 is 0. The molecule has 110 valence electrons. The van der Waals surface area contributed by atoms with Gasteiger partial charge in [-0.05, 0) is 13.0 Å². The van der Waals surface area contributed by atoms with E-state index >= 15 is 0 Å². The van der Waals surface area contributed by atoms with Gasteiger partial charge in [0.15, 0.2) is 0 Å². The predicted molar refractivity (Wildman–Crippen MR) is 76.8 cm³/mol. The molecule has 0 aromatic carbocycles. The molecule has 2 N–H and O–H groups in total. The standard InChI is InChI=1S/C11H18N4O2.2ClH/c1-9(15-4-2-3-13-15)11(16)14-5-6-17-10(7-12)8-14;;/h2-4,9-10H,5-8,12H2,1H3;2*1H. The van der Waals surface area contributed by atoms with E-state index in [0.717, 1.165) is 0 Å². The van der Waals surface area contributed by atoms with Gasteiger partial charge in [-0.25, -0.2) is 0 Å². The van der Waals surface area contributed by atoms with Gasteiger partial charge in [-0.2, -0.15) is 5.10 Å². The van der Waals surface area contributed by atoms with E-state index in [1.165, 1.54) is 0 Å². The molecule has 0 radical (unpaired) electrons. The number of hydrogen-bond acceptors (Lipinski definition) is 4. The van der Waals surface area contributed by atoms with Crippen molar-refractivity contribution in [3.8, 4) is 0 Å². The van der Waals surface area contributed by atoms with Crippen LogP contribution >= 0.6 is 24.8 Å². The van der Waals surface area contributed by atoms with Crippen LogP contribution in [0.3, 0.4) is 0 Å². The molecule has 0 bridgehead atoms. The molecular formula is C11H20Cl2N4O2. The van der Waals surface area contributed by atoms with E-state index < -0.39 is 0 Å². The van der Waals surface area contributed by atoms with Crippen molar-refractivity contribution in [3.63, 3.8) is 0 Å². The zero-order valence-corrected chi connectivity index (χ0v) is 12.4. The number of carbonyl (C=O) groups excluding carboxylic acids is 1. The van der Waals surface area contributed by atoms with Gasteiger partial charge in [0.05, 0.1) is 12.7 Å². The molecule has 2 heterocycles. The van der Waals surface area contributed by atoms with Gasteiger partial charge >= 0.3 is 0 Å². The van der Waals surface area contributed by atoms with Crippen LogP contribution in [-0.4, -0.2) is 52.9 Å². The molecule has 2 unspecified atom stereocenters. The Morgan fingerprint density at radius 3 is 2.89 bits per heavy atom. The lowest BCUT2D eigenvalue weighted by Crippen LogP contribution is -2.49. The van der Waals surface area contributed by atoms with Gasteiger partial charge in [-0.15, -0.1) is 24.8 Å². The molecule has 1 aliphatic rings. The zero-order valence-electron chi connectivity index (χ0n) is 10.8. The molecule has 0 spiro atoms. The van der Waals surface area contributed by atoms with Crippen LogP contribution in [0.5, 0.6) is 0 Å². The van der Waals surface area contributed by atoms with Crippen LogP contribution in [0.2, 0.25) is 0 Å². The van der Waals surface area contributed by atoms with Gasteiger partial charge in [-0.1, -0.05) is 0 Å². The second-order valence-corrected chi connectivity index (χ2v) is 4.17. The van der Waals surface area contributed by atoms with Crippen LogP contribution in [0.1, 0.15) is 13.0 Å². The van der Waals surface area contributed by atoms with Crippen molar-refractivity contribution < 1.29 is 9.53 Å². The molecular weight excluding hydrogens is 291 g/mol. The summed E-state index contributed by atoms with van der Waals surface area (Å²) in [6, 6.07) is 1.53. The highest BCUT2D eigenvalue weighted by molar-refractivity contribution is 5.85. The fraction of sp³-hybridized carbons (Fsp3) is 0.636. The summed E-state index contributed by atoms with van der Waals surface area (Å²) < 4.78 is 7.10. The van der Waals surface area contributed by atoms with Crippen LogP contribution in [-0.2, 0) is 9.53 Å². The number of halogens is 2. The number of ether oxygens (including phenoxy) is 1. The molecule has 19 heavy (non-hydrogen) atoms. The van der Waals surface area contributed by atoms with E-state index in [9.17, 15) is 4.79 Å². The number of hydrogen-bond donors (Lipinski definition) is 1. The highest BCUT2D eigenvalue weighted by Crippen LogP contribution is 2.12. The van der Waals surface area contributed by atoms with Crippen molar-refractivity contribution in [1.82, 2.24) is 14.7 Å². The molecule has 2 atom stereocenters. The van der Waals surface area contributed by atoms with Crippen molar-refractivity contribution in [1.29, 1.82) is 0 Å². The van der Waals surface area contributed by atoms with Crippen molar-refractivity contribution >= 4 is 30.7 Å². The first-order valence-electron chi connectivity index (χ1n) is 5.82. The van der Waals surface area contributed by atoms with Gasteiger partial charge in [0.2, 0.25) is 5.91 Å². The van der Waals surface area contributed by atoms with Gasteiger partial charge in [0.25, 0.3) is 0 Å². The summed E-state index contributed by atoms with van der Waals surface area (Å²) in [5.41, 5.74) is 5.56. The second kappa shape index (κ2) is 8.37. The molecule has 1 aliphatic heterocycles. The topological polar surface area (TPSA) is 73.4 Å². The monoisotopic (exact) mass is 310 g/mol. The van der Waals surface area contributed by atoms with Crippen molar-refractivity contribution in [2.75, 3.05) is 26.2 Å². The zero-order chi connectivity index (χ0) is 12.3. The van der Waals surface area contributed by atoms with E-state index in [4.69, 9.17) is 10.5 Å². The Balaban J connectivity index is 0.00000162. The minimum atomic E-state index is -0.276. The summed E-state index contributed by atoms with van der Waals surface area (Å²) in [6.07, 6.45) is 3.42. The number of morpholine rings is 1. The normalized spacial score (nSPS) is 20.1. The average molecular weight is 311 g/mol. The first-order chi connectivity index (χ1) is 8.22. The second-order valence-electron chi connectivity index (χ2n) is 4.17. The average Bonchev–Trinajstić information content (AvgIpc) is 2.91. The predicted octanol–water partition coefficient (Wildman–Crippen LogP) is 0.474. The Morgan fingerprint density at radius 1 is 1.58 bits per heavy atom. The van der Waals surface area contributed by atoms with Gasteiger partial charge in [-0.3, -0.25) is 9.48 Å². The highest BCUT2D eigenvalue weighted by Gasteiger charge is 2.27. The molecule has 2 rings (SSSR count). The molecule has 1 aromatic heterocycles. The van der Waals surface area contributed by atoms with E-state index in [2.05, 4.69) is 5.10 Å². The lowest BCUT2D eigenvalue weighted by molar-refractivity contribution is -0.141. The lowest BCUT2D eigenvalue weighted by Gasteiger charge is -2.33. The number of amides is 1. The summed E-state index contributed by atoms with van der Waals surface area (Å²) in [5.74, 6) is 0.0652. The van der Waals surface area contributed by atoms with Crippen LogP contribution < -0.4 is 5.73 Å². The van der Waals surface area contributed by atoms with Gasteiger partial charge in [0.1, 0.15) is 6.04 Å². The Hall–Kier alpha value is -0.820. The number of nitrogens with zero attached hydrogens (tertiary/aromatic N) is 3. The number of aromatic nitrogens is 2. The smallest absolute Gasteiger partial charge is 0.247 e. The quantitative estimate of drug-likeness (QED) is 0.881. The SMILES string of the molecule is CC(C(=O)N1CCOC(CN)C1)n1cccn1.Cl.Cl. The maximum Gasteiger partial charge on any atom is 0.247 e. The number of nitrogens with two attached hydrogens (primary N) is 1. The highest BCUT2D eigenvalue weighted by atomic mass is 35.5.